The van der Waals surface area contributed by atoms with E-state index in [0.717, 1.165) is 12.2 Å². The van der Waals surface area contributed by atoms with E-state index >= 15 is 0 Å². The van der Waals surface area contributed by atoms with Crippen molar-refractivity contribution in [2.45, 2.75) is 65.1 Å². The summed E-state index contributed by atoms with van der Waals surface area (Å²) in [7, 11) is 0. The first-order chi connectivity index (χ1) is 12.6. The van der Waals surface area contributed by atoms with Gasteiger partial charge in [0, 0.05) is 25.2 Å². The van der Waals surface area contributed by atoms with Crippen LogP contribution in [0.25, 0.3) is 0 Å². The Kier molecular flexibility index (Phi) is 7.11. The number of aryl methyl sites for hydroxylation is 1. The number of H-pyrrole nitrogens is 1. The van der Waals surface area contributed by atoms with E-state index in [2.05, 4.69) is 20.6 Å². The lowest BCUT2D eigenvalue weighted by Crippen LogP contribution is -2.60. The Bertz CT molecular complexity index is 670. The summed E-state index contributed by atoms with van der Waals surface area (Å²) in [4.78, 5) is 33.6. The normalized spacial score (nSPS) is 20.4. The molecule has 152 valence electrons. The minimum absolute atomic E-state index is 0.0729. The number of likely N-dealkylation sites (tertiary alicyclic amines) is 1. The number of rotatable bonds is 5. The predicted molar refractivity (Wildman–Crippen MR) is 104 cm³/mol. The highest BCUT2D eigenvalue weighted by Crippen LogP contribution is 2.17. The Labute approximate surface area is 165 Å². The first-order valence-corrected chi connectivity index (χ1v) is 9.79. The van der Waals surface area contributed by atoms with E-state index in [1.807, 2.05) is 34.6 Å². The Morgan fingerprint density at radius 1 is 1.33 bits per heavy atom. The van der Waals surface area contributed by atoms with Gasteiger partial charge in [0.15, 0.2) is 11.0 Å². The van der Waals surface area contributed by atoms with Crippen LogP contribution in [0.3, 0.4) is 0 Å². The van der Waals surface area contributed by atoms with E-state index in [1.165, 1.54) is 0 Å². The van der Waals surface area contributed by atoms with Crippen molar-refractivity contribution in [1.82, 2.24) is 25.5 Å². The minimum Gasteiger partial charge on any atom is -0.444 e. The van der Waals surface area contributed by atoms with Crippen molar-refractivity contribution in [2.24, 2.45) is 0 Å². The molecule has 2 heterocycles. The third kappa shape index (κ3) is 5.84. The fourth-order valence-electron chi connectivity index (χ4n) is 3.05. The summed E-state index contributed by atoms with van der Waals surface area (Å²) in [5.41, 5.74) is 0.204. The first-order valence-electron chi connectivity index (χ1n) is 9.41. The molecule has 0 saturated carbocycles. The van der Waals surface area contributed by atoms with Crippen molar-refractivity contribution in [2.75, 3.05) is 19.6 Å². The van der Waals surface area contributed by atoms with Crippen LogP contribution in [0.4, 0.5) is 4.79 Å². The van der Waals surface area contributed by atoms with Gasteiger partial charge in [0.2, 0.25) is 0 Å². The third-order valence-electron chi connectivity index (χ3n) is 4.34. The van der Waals surface area contributed by atoms with Crippen molar-refractivity contribution in [3.63, 3.8) is 0 Å². The average molecular weight is 400 g/mol. The van der Waals surface area contributed by atoms with Gasteiger partial charge >= 0.3 is 6.09 Å². The van der Waals surface area contributed by atoms with E-state index in [0.29, 0.717) is 31.1 Å². The SMILES string of the molecule is CCN[C@@H]1CN(C(=O)OC(C)(C)C)CC[C@H]1NC(=O)c1nc(Cl)c(CC)[nH]1. The van der Waals surface area contributed by atoms with Gasteiger partial charge in [-0.1, -0.05) is 25.4 Å². The minimum atomic E-state index is -0.536. The fraction of sp³-hybridized carbons (Fsp3) is 0.722. The number of aromatic nitrogens is 2. The molecule has 0 spiro atoms. The van der Waals surface area contributed by atoms with Gasteiger partial charge in [-0.25, -0.2) is 9.78 Å². The number of imidazole rings is 1. The highest BCUT2D eigenvalue weighted by molar-refractivity contribution is 6.30. The number of hydrogen-bond donors (Lipinski definition) is 3. The molecular weight excluding hydrogens is 370 g/mol. The van der Waals surface area contributed by atoms with E-state index < -0.39 is 5.60 Å². The van der Waals surface area contributed by atoms with Crippen molar-refractivity contribution >= 4 is 23.6 Å². The van der Waals surface area contributed by atoms with Crippen LogP contribution in [-0.2, 0) is 11.2 Å². The highest BCUT2D eigenvalue weighted by atomic mass is 35.5. The molecule has 0 aromatic carbocycles. The largest absolute Gasteiger partial charge is 0.444 e. The van der Waals surface area contributed by atoms with E-state index in [1.54, 1.807) is 4.90 Å². The Hall–Kier alpha value is -1.80. The monoisotopic (exact) mass is 399 g/mol. The lowest BCUT2D eigenvalue weighted by Gasteiger charge is -2.39. The van der Waals surface area contributed by atoms with Crippen LogP contribution in [0, 0.1) is 0 Å². The summed E-state index contributed by atoms with van der Waals surface area (Å²) in [5, 5.41) is 6.68. The second kappa shape index (κ2) is 8.93. The van der Waals surface area contributed by atoms with Crippen LogP contribution in [0.1, 0.15) is 57.4 Å². The number of nitrogens with one attached hydrogen (secondary N) is 3. The molecule has 9 heteroatoms. The number of amides is 2. The van der Waals surface area contributed by atoms with Crippen molar-refractivity contribution < 1.29 is 14.3 Å². The summed E-state index contributed by atoms with van der Waals surface area (Å²) in [6, 6.07) is -0.193. The van der Waals surface area contributed by atoms with Crippen molar-refractivity contribution in [3.8, 4) is 0 Å². The van der Waals surface area contributed by atoms with Gasteiger partial charge in [-0.15, -0.1) is 0 Å². The average Bonchev–Trinajstić information content (AvgIpc) is 2.96. The van der Waals surface area contributed by atoms with Crippen LogP contribution < -0.4 is 10.6 Å². The number of ether oxygens (including phenoxy) is 1. The maximum absolute atomic E-state index is 12.6. The van der Waals surface area contributed by atoms with Crippen LogP contribution in [-0.4, -0.2) is 64.2 Å². The Balaban J connectivity index is 2.02. The molecule has 2 rings (SSSR count). The summed E-state index contributed by atoms with van der Waals surface area (Å²) < 4.78 is 5.46. The summed E-state index contributed by atoms with van der Waals surface area (Å²) in [6.07, 6.45) is 0.964. The lowest BCUT2D eigenvalue weighted by atomic mass is 9.99. The van der Waals surface area contributed by atoms with Crippen LogP contribution in [0.5, 0.6) is 0 Å². The smallest absolute Gasteiger partial charge is 0.410 e. The molecule has 1 fully saturated rings. The van der Waals surface area contributed by atoms with E-state index in [9.17, 15) is 9.59 Å². The number of halogens is 1. The summed E-state index contributed by atoms with van der Waals surface area (Å²) in [5.74, 6) is -0.0862. The molecule has 0 aliphatic carbocycles. The highest BCUT2D eigenvalue weighted by Gasteiger charge is 2.34. The lowest BCUT2D eigenvalue weighted by molar-refractivity contribution is 0.0164. The maximum Gasteiger partial charge on any atom is 0.410 e. The van der Waals surface area contributed by atoms with Gasteiger partial charge in [0.05, 0.1) is 5.69 Å². The van der Waals surface area contributed by atoms with Crippen LogP contribution in [0.2, 0.25) is 5.15 Å². The van der Waals surface area contributed by atoms with Crippen LogP contribution in [0.15, 0.2) is 0 Å². The van der Waals surface area contributed by atoms with Crippen molar-refractivity contribution in [3.05, 3.63) is 16.7 Å². The molecule has 0 unspecified atom stereocenters. The topological polar surface area (TPSA) is 99.4 Å². The number of nitrogens with zero attached hydrogens (tertiary/aromatic N) is 2. The van der Waals surface area contributed by atoms with E-state index in [4.69, 9.17) is 16.3 Å². The van der Waals surface area contributed by atoms with E-state index in [-0.39, 0.29) is 29.9 Å². The number of hydrogen-bond acceptors (Lipinski definition) is 5. The zero-order valence-electron chi connectivity index (χ0n) is 16.7. The number of carbonyl (C=O) groups is 2. The zero-order valence-corrected chi connectivity index (χ0v) is 17.4. The van der Waals surface area contributed by atoms with Gasteiger partial charge in [-0.05, 0) is 40.2 Å². The van der Waals surface area contributed by atoms with Gasteiger partial charge in [-0.2, -0.15) is 0 Å². The number of carbonyl (C=O) groups excluding carboxylic acids is 2. The molecule has 3 N–H and O–H groups in total. The molecule has 1 aliphatic heterocycles. The molecule has 0 radical (unpaired) electrons. The molecule has 8 nitrogen and oxygen atoms in total. The number of likely N-dealkylation sites (N-methyl/N-ethyl adjacent to an activating group) is 1. The molecule has 1 saturated heterocycles. The third-order valence-corrected chi connectivity index (χ3v) is 4.66. The molecule has 0 bridgehead atoms. The van der Waals surface area contributed by atoms with Crippen LogP contribution >= 0.6 is 11.6 Å². The Morgan fingerprint density at radius 3 is 2.59 bits per heavy atom. The number of piperidine rings is 1. The fourth-order valence-corrected chi connectivity index (χ4v) is 3.32. The first kappa shape index (κ1) is 21.5. The molecule has 27 heavy (non-hydrogen) atoms. The van der Waals surface area contributed by atoms with Gasteiger partial charge in [0.1, 0.15) is 5.60 Å². The molecular formula is C18H30ClN5O3. The molecule has 1 aliphatic rings. The number of aromatic amines is 1. The standard InChI is InChI=1S/C18H30ClN5O3/c1-6-11-14(19)23-15(21-11)16(25)22-12-8-9-24(10-13(12)20-7-2)17(26)27-18(3,4)5/h12-13,20H,6-10H2,1-5H3,(H,21,23)(H,22,25)/t12-,13-/m1/s1. The summed E-state index contributed by atoms with van der Waals surface area (Å²) in [6.45, 7) is 11.2. The van der Waals surface area contributed by atoms with Gasteiger partial charge < -0.3 is 25.3 Å². The molecule has 2 amide bonds. The second-order valence-corrected chi connectivity index (χ2v) is 8.03. The second-order valence-electron chi connectivity index (χ2n) is 7.67. The van der Waals surface area contributed by atoms with Gasteiger partial charge in [0.25, 0.3) is 5.91 Å². The molecule has 1 aromatic rings. The van der Waals surface area contributed by atoms with Crippen molar-refractivity contribution in [1.29, 1.82) is 0 Å². The Morgan fingerprint density at radius 2 is 2.04 bits per heavy atom. The molecule has 2 atom stereocenters. The maximum atomic E-state index is 12.6. The van der Waals surface area contributed by atoms with Gasteiger partial charge in [-0.3, -0.25) is 4.79 Å². The quantitative estimate of drug-likeness (QED) is 0.705. The summed E-state index contributed by atoms with van der Waals surface area (Å²) >= 11 is 6.02. The molecule has 1 aromatic heterocycles. The predicted octanol–water partition coefficient (Wildman–Crippen LogP) is 2.34. The zero-order chi connectivity index (χ0) is 20.2.